The number of anilines is 1. The summed E-state index contributed by atoms with van der Waals surface area (Å²) in [7, 11) is 1.95. The van der Waals surface area contributed by atoms with Gasteiger partial charge in [0, 0.05) is 13.2 Å². The molecule has 0 fully saturated rings. The van der Waals surface area contributed by atoms with Crippen LogP contribution in [0.5, 0.6) is 0 Å². The lowest BCUT2D eigenvalue weighted by Crippen LogP contribution is -2.17. The molecule has 1 atom stereocenters. The SMILES string of the molecule is Cc1ccc(CN(C)c2cc(C(C)O)ccn2)o1. The molecule has 0 aliphatic carbocycles. The van der Waals surface area contributed by atoms with Crippen molar-refractivity contribution in [2.24, 2.45) is 0 Å². The fourth-order valence-corrected chi connectivity index (χ4v) is 1.79. The highest BCUT2D eigenvalue weighted by Crippen LogP contribution is 2.19. The number of aromatic nitrogens is 1. The Hall–Kier alpha value is -1.81. The Bertz CT molecular complexity index is 520. The first-order chi connectivity index (χ1) is 8.56. The predicted octanol–water partition coefficient (Wildman–Crippen LogP) is 2.67. The van der Waals surface area contributed by atoms with Crippen LogP contribution in [0, 0.1) is 6.92 Å². The van der Waals surface area contributed by atoms with Gasteiger partial charge in [0.15, 0.2) is 0 Å². The molecular weight excluding hydrogens is 228 g/mol. The lowest BCUT2D eigenvalue weighted by atomic mass is 10.2. The average Bonchev–Trinajstić information content (AvgIpc) is 2.75. The fourth-order valence-electron chi connectivity index (χ4n) is 1.79. The van der Waals surface area contributed by atoms with Crippen LogP contribution in [-0.2, 0) is 6.54 Å². The number of aryl methyl sites for hydroxylation is 1. The van der Waals surface area contributed by atoms with Crippen LogP contribution >= 0.6 is 0 Å². The first kappa shape index (κ1) is 12.6. The summed E-state index contributed by atoms with van der Waals surface area (Å²) in [5.74, 6) is 2.63. The van der Waals surface area contributed by atoms with Crippen molar-refractivity contribution >= 4 is 5.82 Å². The molecule has 0 amide bonds. The number of nitrogens with zero attached hydrogens (tertiary/aromatic N) is 2. The molecule has 0 saturated carbocycles. The number of furan rings is 1. The Morgan fingerprint density at radius 1 is 1.39 bits per heavy atom. The lowest BCUT2D eigenvalue weighted by Gasteiger charge is -2.18. The van der Waals surface area contributed by atoms with Gasteiger partial charge in [0.25, 0.3) is 0 Å². The third-order valence-corrected chi connectivity index (χ3v) is 2.83. The van der Waals surface area contributed by atoms with Crippen LogP contribution in [0.2, 0.25) is 0 Å². The molecule has 0 radical (unpaired) electrons. The number of rotatable bonds is 4. The molecule has 1 N–H and O–H groups in total. The number of aliphatic hydroxyl groups is 1. The Kier molecular flexibility index (Phi) is 3.67. The summed E-state index contributed by atoms with van der Waals surface area (Å²) in [6.07, 6.45) is 1.23. The maximum Gasteiger partial charge on any atom is 0.128 e. The van der Waals surface area contributed by atoms with Crippen molar-refractivity contribution in [2.75, 3.05) is 11.9 Å². The Morgan fingerprint density at radius 2 is 2.17 bits per heavy atom. The van der Waals surface area contributed by atoms with Crippen LogP contribution in [-0.4, -0.2) is 17.1 Å². The second-order valence-corrected chi connectivity index (χ2v) is 4.49. The van der Waals surface area contributed by atoms with E-state index in [0.717, 1.165) is 22.9 Å². The molecule has 0 aromatic carbocycles. The molecule has 0 spiro atoms. The zero-order chi connectivity index (χ0) is 13.1. The van der Waals surface area contributed by atoms with E-state index in [2.05, 4.69) is 4.98 Å². The average molecular weight is 246 g/mol. The topological polar surface area (TPSA) is 49.5 Å². The molecule has 2 aromatic rings. The van der Waals surface area contributed by atoms with Crippen molar-refractivity contribution < 1.29 is 9.52 Å². The molecule has 0 saturated heterocycles. The van der Waals surface area contributed by atoms with Gasteiger partial charge in [-0.1, -0.05) is 0 Å². The third-order valence-electron chi connectivity index (χ3n) is 2.83. The first-order valence-electron chi connectivity index (χ1n) is 5.96. The van der Waals surface area contributed by atoms with Gasteiger partial charge >= 0.3 is 0 Å². The maximum absolute atomic E-state index is 9.56. The summed E-state index contributed by atoms with van der Waals surface area (Å²) in [6, 6.07) is 7.62. The van der Waals surface area contributed by atoms with Gasteiger partial charge in [-0.15, -0.1) is 0 Å². The van der Waals surface area contributed by atoms with Crippen LogP contribution < -0.4 is 4.90 Å². The lowest BCUT2D eigenvalue weighted by molar-refractivity contribution is 0.199. The third kappa shape index (κ3) is 2.90. The standard InChI is InChI=1S/C14H18N2O2/c1-10-4-5-13(18-10)9-16(3)14-8-12(11(2)17)6-7-15-14/h4-8,11,17H,9H2,1-3H3. The van der Waals surface area contributed by atoms with Gasteiger partial charge in [-0.05, 0) is 43.7 Å². The van der Waals surface area contributed by atoms with E-state index in [1.165, 1.54) is 0 Å². The van der Waals surface area contributed by atoms with Crippen molar-refractivity contribution in [1.29, 1.82) is 0 Å². The van der Waals surface area contributed by atoms with Crippen LogP contribution in [0.15, 0.2) is 34.9 Å². The van der Waals surface area contributed by atoms with E-state index in [1.54, 1.807) is 13.1 Å². The Morgan fingerprint density at radius 3 is 2.78 bits per heavy atom. The van der Waals surface area contributed by atoms with Gasteiger partial charge in [-0.25, -0.2) is 4.98 Å². The summed E-state index contributed by atoms with van der Waals surface area (Å²) in [5.41, 5.74) is 0.863. The molecule has 0 bridgehead atoms. The summed E-state index contributed by atoms with van der Waals surface area (Å²) in [6.45, 7) is 4.33. The van der Waals surface area contributed by atoms with Gasteiger partial charge in [0.05, 0.1) is 12.6 Å². The molecule has 2 aromatic heterocycles. The Balaban J connectivity index is 2.13. The quantitative estimate of drug-likeness (QED) is 0.901. The minimum absolute atomic E-state index is 0.481. The molecule has 1 unspecified atom stereocenters. The second-order valence-electron chi connectivity index (χ2n) is 4.49. The normalized spacial score (nSPS) is 12.4. The van der Waals surface area contributed by atoms with E-state index < -0.39 is 6.10 Å². The van der Waals surface area contributed by atoms with Crippen molar-refractivity contribution in [3.8, 4) is 0 Å². The maximum atomic E-state index is 9.56. The molecule has 2 heterocycles. The zero-order valence-corrected chi connectivity index (χ0v) is 10.9. The molecule has 18 heavy (non-hydrogen) atoms. The molecule has 0 aliphatic rings. The smallest absolute Gasteiger partial charge is 0.128 e. The first-order valence-corrected chi connectivity index (χ1v) is 5.96. The van der Waals surface area contributed by atoms with E-state index >= 15 is 0 Å². The molecule has 96 valence electrons. The summed E-state index contributed by atoms with van der Waals surface area (Å²) >= 11 is 0. The minimum Gasteiger partial charge on any atom is -0.464 e. The summed E-state index contributed by atoms with van der Waals surface area (Å²) < 4.78 is 5.53. The Labute approximate surface area is 107 Å². The minimum atomic E-state index is -0.481. The van der Waals surface area contributed by atoms with Gasteiger partial charge < -0.3 is 14.4 Å². The monoisotopic (exact) mass is 246 g/mol. The summed E-state index contributed by atoms with van der Waals surface area (Å²) in [5, 5.41) is 9.56. The van der Waals surface area contributed by atoms with Crippen molar-refractivity contribution in [3.63, 3.8) is 0 Å². The number of pyridine rings is 1. The van der Waals surface area contributed by atoms with Crippen LogP contribution in [0.3, 0.4) is 0 Å². The van der Waals surface area contributed by atoms with Crippen LogP contribution in [0.4, 0.5) is 5.82 Å². The van der Waals surface area contributed by atoms with Gasteiger partial charge in [0.1, 0.15) is 17.3 Å². The van der Waals surface area contributed by atoms with E-state index in [4.69, 9.17) is 4.42 Å². The van der Waals surface area contributed by atoms with E-state index in [-0.39, 0.29) is 0 Å². The summed E-state index contributed by atoms with van der Waals surface area (Å²) in [4.78, 5) is 6.29. The van der Waals surface area contributed by atoms with E-state index in [0.29, 0.717) is 6.54 Å². The van der Waals surface area contributed by atoms with E-state index in [9.17, 15) is 5.11 Å². The second kappa shape index (κ2) is 5.23. The predicted molar refractivity (Wildman–Crippen MR) is 70.4 cm³/mol. The fraction of sp³-hybridized carbons (Fsp3) is 0.357. The van der Waals surface area contributed by atoms with Crippen molar-refractivity contribution in [3.05, 3.63) is 47.5 Å². The molecule has 4 heteroatoms. The van der Waals surface area contributed by atoms with Gasteiger partial charge in [0.2, 0.25) is 0 Å². The van der Waals surface area contributed by atoms with Gasteiger partial charge in [-0.2, -0.15) is 0 Å². The number of hydrogen-bond donors (Lipinski definition) is 1. The highest BCUT2D eigenvalue weighted by atomic mass is 16.3. The molecule has 4 nitrogen and oxygen atoms in total. The number of aliphatic hydroxyl groups excluding tert-OH is 1. The highest BCUT2D eigenvalue weighted by molar-refractivity contribution is 5.41. The van der Waals surface area contributed by atoms with Crippen LogP contribution in [0.25, 0.3) is 0 Å². The van der Waals surface area contributed by atoms with Gasteiger partial charge in [-0.3, -0.25) is 0 Å². The van der Waals surface area contributed by atoms with Crippen molar-refractivity contribution in [1.82, 2.24) is 4.98 Å². The molecule has 0 aliphatic heterocycles. The zero-order valence-electron chi connectivity index (χ0n) is 10.9. The number of hydrogen-bond acceptors (Lipinski definition) is 4. The highest BCUT2D eigenvalue weighted by Gasteiger charge is 2.08. The van der Waals surface area contributed by atoms with Crippen LogP contribution in [0.1, 0.15) is 30.1 Å². The van der Waals surface area contributed by atoms with E-state index in [1.807, 2.05) is 43.1 Å². The molecule has 2 rings (SSSR count). The van der Waals surface area contributed by atoms with Crippen molar-refractivity contribution in [2.45, 2.75) is 26.5 Å². The largest absolute Gasteiger partial charge is 0.464 e. The molecular formula is C14H18N2O2.